The van der Waals surface area contributed by atoms with Crippen LogP contribution in [0.1, 0.15) is 24.5 Å². The van der Waals surface area contributed by atoms with Crippen LogP contribution in [-0.4, -0.2) is 15.7 Å². The van der Waals surface area contributed by atoms with Gasteiger partial charge in [0.15, 0.2) is 0 Å². The average molecular weight is 388 g/mol. The van der Waals surface area contributed by atoms with Crippen LogP contribution >= 0.6 is 0 Å². The van der Waals surface area contributed by atoms with Crippen LogP contribution in [0, 0.1) is 25.5 Å². The van der Waals surface area contributed by atoms with E-state index in [1.54, 1.807) is 19.9 Å². The standard InChI is InChI=1S/C19H18F2N4O3/c1-9-6-13(11(3)28-9)16-8-15(22)19(27)25(24-16)10(2)18(26)23-17-7-12(20)4-5-14(17)21/h4-8,10H,22H2,1-3H3,(H,23,26). The molecule has 0 aliphatic carbocycles. The lowest BCUT2D eigenvalue weighted by atomic mass is 10.1. The molecule has 0 aliphatic heterocycles. The zero-order valence-electron chi connectivity index (χ0n) is 15.4. The number of nitrogen functional groups attached to an aromatic ring is 1. The van der Waals surface area contributed by atoms with E-state index >= 15 is 0 Å². The average Bonchev–Trinajstić information content (AvgIpc) is 2.98. The first kappa shape index (κ1) is 19.3. The molecule has 0 aliphatic rings. The van der Waals surface area contributed by atoms with E-state index in [1.807, 2.05) is 0 Å². The van der Waals surface area contributed by atoms with Gasteiger partial charge in [-0.05, 0) is 45.0 Å². The molecule has 0 saturated carbocycles. The molecule has 1 unspecified atom stereocenters. The molecule has 0 radical (unpaired) electrons. The van der Waals surface area contributed by atoms with Crippen molar-refractivity contribution < 1.29 is 18.0 Å². The molecule has 3 N–H and O–H groups in total. The van der Waals surface area contributed by atoms with Gasteiger partial charge in [-0.3, -0.25) is 9.59 Å². The highest BCUT2D eigenvalue weighted by Crippen LogP contribution is 2.25. The smallest absolute Gasteiger partial charge is 0.290 e. The van der Waals surface area contributed by atoms with Crippen LogP contribution in [-0.2, 0) is 4.79 Å². The van der Waals surface area contributed by atoms with E-state index < -0.39 is 29.1 Å². The lowest BCUT2D eigenvalue weighted by molar-refractivity contribution is -0.119. The summed E-state index contributed by atoms with van der Waals surface area (Å²) in [6, 6.07) is 4.66. The van der Waals surface area contributed by atoms with Crippen LogP contribution in [0.15, 0.2) is 39.5 Å². The molecule has 1 aromatic carbocycles. The van der Waals surface area contributed by atoms with Crippen molar-refractivity contribution in [3.63, 3.8) is 0 Å². The number of carbonyl (C=O) groups excluding carboxylic acids is 1. The maximum absolute atomic E-state index is 13.8. The lowest BCUT2D eigenvalue weighted by Gasteiger charge is -2.16. The Bertz CT molecular complexity index is 1120. The third kappa shape index (κ3) is 3.64. The summed E-state index contributed by atoms with van der Waals surface area (Å²) in [6.07, 6.45) is 0. The molecule has 3 aromatic rings. The van der Waals surface area contributed by atoms with Gasteiger partial charge in [0.25, 0.3) is 5.56 Å². The highest BCUT2D eigenvalue weighted by molar-refractivity contribution is 5.93. The second-order valence-corrected chi connectivity index (χ2v) is 6.35. The Morgan fingerprint density at radius 3 is 2.61 bits per heavy atom. The largest absolute Gasteiger partial charge is 0.466 e. The van der Waals surface area contributed by atoms with E-state index in [0.29, 0.717) is 22.8 Å². The summed E-state index contributed by atoms with van der Waals surface area (Å²) < 4.78 is 33.5. The first-order valence-corrected chi connectivity index (χ1v) is 8.40. The number of nitrogens with one attached hydrogen (secondary N) is 1. The Kier molecular flexibility index (Phi) is 5.00. The fourth-order valence-corrected chi connectivity index (χ4v) is 2.75. The number of anilines is 2. The van der Waals surface area contributed by atoms with Gasteiger partial charge in [-0.2, -0.15) is 5.10 Å². The van der Waals surface area contributed by atoms with Gasteiger partial charge in [-0.1, -0.05) is 0 Å². The van der Waals surface area contributed by atoms with Crippen LogP contribution in [0.25, 0.3) is 11.3 Å². The molecular weight excluding hydrogens is 370 g/mol. The highest BCUT2D eigenvalue weighted by atomic mass is 19.1. The number of nitrogens with two attached hydrogens (primary N) is 1. The Morgan fingerprint density at radius 1 is 1.25 bits per heavy atom. The van der Waals surface area contributed by atoms with Gasteiger partial charge in [0, 0.05) is 11.6 Å². The SMILES string of the molecule is Cc1cc(-c2cc(N)c(=O)n(C(C)C(=O)Nc3cc(F)ccc3F)n2)c(C)o1. The molecule has 28 heavy (non-hydrogen) atoms. The number of furan rings is 1. The maximum Gasteiger partial charge on any atom is 0.290 e. The summed E-state index contributed by atoms with van der Waals surface area (Å²) in [7, 11) is 0. The maximum atomic E-state index is 13.8. The summed E-state index contributed by atoms with van der Waals surface area (Å²) in [5, 5.41) is 6.47. The minimum absolute atomic E-state index is 0.111. The van der Waals surface area contributed by atoms with Crippen LogP contribution in [0.3, 0.4) is 0 Å². The summed E-state index contributed by atoms with van der Waals surface area (Å²) in [6.45, 7) is 4.90. The molecule has 3 rings (SSSR count). The van der Waals surface area contributed by atoms with E-state index in [0.717, 1.165) is 22.9 Å². The Labute approximate surface area is 158 Å². The van der Waals surface area contributed by atoms with Crippen molar-refractivity contribution in [1.29, 1.82) is 0 Å². The first-order valence-electron chi connectivity index (χ1n) is 8.40. The van der Waals surface area contributed by atoms with E-state index in [-0.39, 0.29) is 11.4 Å². The molecular formula is C19H18F2N4O3. The van der Waals surface area contributed by atoms with Gasteiger partial charge in [0.2, 0.25) is 5.91 Å². The quantitative estimate of drug-likeness (QED) is 0.715. The summed E-state index contributed by atoms with van der Waals surface area (Å²) >= 11 is 0. The summed E-state index contributed by atoms with van der Waals surface area (Å²) in [5.74, 6) is -1.04. The molecule has 146 valence electrons. The normalized spacial score (nSPS) is 12.0. The lowest BCUT2D eigenvalue weighted by Crippen LogP contribution is -2.35. The van der Waals surface area contributed by atoms with Crippen molar-refractivity contribution in [2.24, 2.45) is 0 Å². The van der Waals surface area contributed by atoms with Gasteiger partial charge in [0.05, 0.1) is 11.4 Å². The van der Waals surface area contributed by atoms with Crippen molar-refractivity contribution in [2.75, 3.05) is 11.1 Å². The molecule has 0 fully saturated rings. The van der Waals surface area contributed by atoms with Crippen molar-refractivity contribution in [2.45, 2.75) is 26.8 Å². The van der Waals surface area contributed by atoms with Crippen LogP contribution in [0.4, 0.5) is 20.2 Å². The topological polar surface area (TPSA) is 103 Å². The van der Waals surface area contributed by atoms with Gasteiger partial charge < -0.3 is 15.5 Å². The van der Waals surface area contributed by atoms with E-state index in [1.165, 1.54) is 13.0 Å². The number of hydrogen-bond donors (Lipinski definition) is 2. The molecule has 7 nitrogen and oxygen atoms in total. The molecule has 2 aromatic heterocycles. The third-order valence-corrected chi connectivity index (χ3v) is 4.21. The Hall–Kier alpha value is -3.49. The minimum Gasteiger partial charge on any atom is -0.466 e. The van der Waals surface area contributed by atoms with Gasteiger partial charge in [-0.25, -0.2) is 13.5 Å². The van der Waals surface area contributed by atoms with Gasteiger partial charge in [0.1, 0.15) is 34.9 Å². The molecule has 1 atom stereocenters. The predicted molar refractivity (Wildman–Crippen MR) is 99.8 cm³/mol. The molecule has 0 spiro atoms. The number of aryl methyl sites for hydroxylation is 2. The number of benzene rings is 1. The molecule has 2 heterocycles. The highest BCUT2D eigenvalue weighted by Gasteiger charge is 2.22. The van der Waals surface area contributed by atoms with Crippen molar-refractivity contribution in [3.8, 4) is 11.3 Å². The van der Waals surface area contributed by atoms with Crippen LogP contribution in [0.5, 0.6) is 0 Å². The first-order chi connectivity index (χ1) is 13.2. The molecule has 1 amide bonds. The van der Waals surface area contributed by atoms with Crippen LogP contribution in [0.2, 0.25) is 0 Å². The second-order valence-electron chi connectivity index (χ2n) is 6.35. The van der Waals surface area contributed by atoms with Gasteiger partial charge >= 0.3 is 0 Å². The number of rotatable bonds is 4. The predicted octanol–water partition coefficient (Wildman–Crippen LogP) is 3.18. The number of nitrogens with zero attached hydrogens (tertiary/aromatic N) is 2. The zero-order valence-corrected chi connectivity index (χ0v) is 15.4. The molecule has 0 saturated heterocycles. The fourth-order valence-electron chi connectivity index (χ4n) is 2.75. The summed E-state index contributed by atoms with van der Waals surface area (Å²) in [4.78, 5) is 24.9. The third-order valence-electron chi connectivity index (χ3n) is 4.21. The van der Waals surface area contributed by atoms with E-state index in [9.17, 15) is 18.4 Å². The Balaban J connectivity index is 1.98. The minimum atomic E-state index is -1.13. The number of amides is 1. The number of halogens is 2. The van der Waals surface area contributed by atoms with E-state index in [4.69, 9.17) is 10.2 Å². The zero-order chi connectivity index (χ0) is 20.6. The number of carbonyl (C=O) groups is 1. The van der Waals surface area contributed by atoms with Gasteiger partial charge in [-0.15, -0.1) is 0 Å². The van der Waals surface area contributed by atoms with Crippen molar-refractivity contribution >= 4 is 17.3 Å². The monoisotopic (exact) mass is 388 g/mol. The second kappa shape index (κ2) is 7.26. The Morgan fingerprint density at radius 2 is 1.96 bits per heavy atom. The molecule has 9 heteroatoms. The van der Waals surface area contributed by atoms with E-state index in [2.05, 4.69) is 10.4 Å². The van der Waals surface area contributed by atoms with Crippen LogP contribution < -0.4 is 16.6 Å². The number of aromatic nitrogens is 2. The van der Waals surface area contributed by atoms with Crippen molar-refractivity contribution in [1.82, 2.24) is 9.78 Å². The molecule has 0 bridgehead atoms. The number of hydrogen-bond acceptors (Lipinski definition) is 5. The fraction of sp³-hybridized carbons (Fsp3) is 0.211. The summed E-state index contributed by atoms with van der Waals surface area (Å²) in [5.41, 5.74) is 5.66. The van der Waals surface area contributed by atoms with Crippen molar-refractivity contribution in [3.05, 3.63) is 63.8 Å².